The van der Waals surface area contributed by atoms with Crippen LogP contribution in [-0.4, -0.2) is 50.3 Å². The lowest BCUT2D eigenvalue weighted by Crippen LogP contribution is -2.48. The van der Waals surface area contributed by atoms with Crippen LogP contribution >= 0.6 is 11.6 Å². The van der Waals surface area contributed by atoms with E-state index in [1.807, 2.05) is 6.07 Å². The minimum Gasteiger partial charge on any atom is -0.369 e. The van der Waals surface area contributed by atoms with Crippen LogP contribution in [0, 0.1) is 23.1 Å². The van der Waals surface area contributed by atoms with Crippen molar-refractivity contribution in [2.45, 2.75) is 12.3 Å². The molecule has 2 heterocycles. The number of halogens is 2. The summed E-state index contributed by atoms with van der Waals surface area (Å²) in [5.41, 5.74) is 6.65. The molecule has 0 aliphatic carbocycles. The maximum atomic E-state index is 14.2. The fourth-order valence-electron chi connectivity index (χ4n) is 4.56. The first-order valence-electron chi connectivity index (χ1n) is 10.9. The van der Waals surface area contributed by atoms with Gasteiger partial charge >= 0.3 is 0 Å². The van der Waals surface area contributed by atoms with Crippen molar-refractivity contribution in [3.05, 3.63) is 76.1 Å². The third-order valence-corrected chi connectivity index (χ3v) is 6.72. The Morgan fingerprint density at radius 1 is 1.32 bits per heavy atom. The number of nitrogens with zero attached hydrogens (tertiary/aromatic N) is 4. The molecule has 2 atom stereocenters. The summed E-state index contributed by atoms with van der Waals surface area (Å²) in [5.74, 6) is -1.72. The maximum absolute atomic E-state index is 14.2. The van der Waals surface area contributed by atoms with E-state index in [1.165, 1.54) is 13.2 Å². The van der Waals surface area contributed by atoms with E-state index in [2.05, 4.69) is 20.9 Å². The number of aliphatic imine (C=N–C) groups is 1. The molecule has 2 aromatic carbocycles. The molecular formula is C25H25ClFN5O2. The number of primary amides is 1. The number of hydrogen-bond acceptors (Lipinski definition) is 6. The molecule has 2 unspecified atom stereocenters. The van der Waals surface area contributed by atoms with Crippen LogP contribution in [0.5, 0.6) is 0 Å². The summed E-state index contributed by atoms with van der Waals surface area (Å²) >= 11 is 6.21. The summed E-state index contributed by atoms with van der Waals surface area (Å²) in [7, 11) is 1.48. The molecule has 1 amide bonds. The van der Waals surface area contributed by atoms with Crippen molar-refractivity contribution in [1.82, 2.24) is 4.90 Å². The second kappa shape index (κ2) is 9.94. The number of carbonyl (C=O) groups is 1. The Hall–Kier alpha value is -3.25. The quantitative estimate of drug-likeness (QED) is 0.683. The molecule has 2 aliphatic heterocycles. The van der Waals surface area contributed by atoms with Gasteiger partial charge in [-0.1, -0.05) is 23.7 Å². The van der Waals surface area contributed by atoms with E-state index in [0.29, 0.717) is 54.4 Å². The summed E-state index contributed by atoms with van der Waals surface area (Å²) in [4.78, 5) is 21.1. The van der Waals surface area contributed by atoms with E-state index in [4.69, 9.17) is 22.1 Å². The van der Waals surface area contributed by atoms with Crippen molar-refractivity contribution in [3.63, 3.8) is 0 Å². The van der Waals surface area contributed by atoms with Crippen LogP contribution < -0.4 is 10.6 Å². The summed E-state index contributed by atoms with van der Waals surface area (Å²) in [6.07, 6.45) is 4.90. The van der Waals surface area contributed by atoms with E-state index >= 15 is 0 Å². The third-order valence-electron chi connectivity index (χ3n) is 6.36. The molecule has 4 rings (SSSR count). The van der Waals surface area contributed by atoms with Crippen LogP contribution in [0.3, 0.4) is 0 Å². The number of carbonyl (C=O) groups excluding carboxylic acids is 1. The number of rotatable bonds is 6. The zero-order valence-electron chi connectivity index (χ0n) is 18.7. The lowest BCUT2D eigenvalue weighted by molar-refractivity contribution is -0.131. The molecule has 9 heteroatoms. The van der Waals surface area contributed by atoms with E-state index in [1.54, 1.807) is 42.6 Å². The Morgan fingerprint density at radius 2 is 2.09 bits per heavy atom. The Balaban J connectivity index is 1.63. The van der Waals surface area contributed by atoms with Gasteiger partial charge in [0.05, 0.1) is 11.6 Å². The average Bonchev–Trinajstić information content (AvgIpc) is 2.86. The Bertz CT molecular complexity index is 1170. The van der Waals surface area contributed by atoms with Crippen LogP contribution in [0.4, 0.5) is 10.1 Å². The van der Waals surface area contributed by atoms with Crippen LogP contribution in [0.25, 0.3) is 0 Å². The molecule has 0 saturated carbocycles. The molecule has 7 nitrogen and oxygen atoms in total. The summed E-state index contributed by atoms with van der Waals surface area (Å²) in [6.45, 7) is 3.05. The molecule has 0 aromatic heterocycles. The monoisotopic (exact) mass is 481 g/mol. The number of hydrogen-bond donors (Lipinski definition) is 1. The SMILES string of the molecule is COC1(c2cc(C#N)ccc2N2CCN(Cc3c(F)cccc3Cl)CC2)N=CC=CC1C(N)=O. The van der Waals surface area contributed by atoms with Gasteiger partial charge in [0.1, 0.15) is 11.7 Å². The Kier molecular flexibility index (Phi) is 6.98. The maximum Gasteiger partial charge on any atom is 0.229 e. The van der Waals surface area contributed by atoms with Gasteiger partial charge in [0, 0.05) is 67.9 Å². The van der Waals surface area contributed by atoms with Gasteiger partial charge in [0.25, 0.3) is 0 Å². The lowest BCUT2D eigenvalue weighted by atomic mass is 9.84. The van der Waals surface area contributed by atoms with Crippen LogP contribution in [0.15, 0.2) is 53.5 Å². The number of nitriles is 1. The fraction of sp³-hybridized carbons (Fsp3) is 0.320. The Morgan fingerprint density at radius 3 is 2.74 bits per heavy atom. The van der Waals surface area contributed by atoms with Gasteiger partial charge in [0.15, 0.2) is 0 Å². The molecule has 1 saturated heterocycles. The first-order chi connectivity index (χ1) is 16.4. The molecule has 0 spiro atoms. The predicted octanol–water partition coefficient (Wildman–Crippen LogP) is 3.21. The van der Waals surface area contributed by atoms with E-state index in [-0.39, 0.29) is 5.82 Å². The number of amides is 1. The predicted molar refractivity (Wildman–Crippen MR) is 129 cm³/mol. The van der Waals surface area contributed by atoms with Crippen molar-refractivity contribution in [3.8, 4) is 6.07 Å². The molecule has 1 fully saturated rings. The van der Waals surface area contributed by atoms with E-state index in [0.717, 1.165) is 5.69 Å². The van der Waals surface area contributed by atoms with Gasteiger partial charge in [-0.25, -0.2) is 4.39 Å². The second-order valence-electron chi connectivity index (χ2n) is 8.25. The molecule has 2 N–H and O–H groups in total. The minimum atomic E-state index is -1.37. The first-order valence-corrected chi connectivity index (χ1v) is 11.3. The third kappa shape index (κ3) is 4.42. The summed E-state index contributed by atoms with van der Waals surface area (Å²) < 4.78 is 20.1. The minimum absolute atomic E-state index is 0.313. The molecular weight excluding hydrogens is 457 g/mol. The number of ether oxygens (including phenoxy) is 1. The van der Waals surface area contributed by atoms with Crippen molar-refractivity contribution in [2.24, 2.45) is 16.6 Å². The zero-order chi connectivity index (χ0) is 24.3. The smallest absolute Gasteiger partial charge is 0.229 e. The summed E-state index contributed by atoms with van der Waals surface area (Å²) in [5, 5.41) is 9.93. The fourth-order valence-corrected chi connectivity index (χ4v) is 4.78. The highest BCUT2D eigenvalue weighted by Crippen LogP contribution is 2.43. The number of nitrogens with two attached hydrogens (primary N) is 1. The zero-order valence-corrected chi connectivity index (χ0v) is 19.5. The van der Waals surface area contributed by atoms with Crippen molar-refractivity contribution >= 4 is 29.4 Å². The van der Waals surface area contributed by atoms with Gasteiger partial charge in [0.2, 0.25) is 11.6 Å². The van der Waals surface area contributed by atoms with Crippen LogP contribution in [-0.2, 0) is 21.8 Å². The van der Waals surface area contributed by atoms with Gasteiger partial charge in [-0.15, -0.1) is 0 Å². The van der Waals surface area contributed by atoms with Gasteiger partial charge < -0.3 is 15.4 Å². The number of methoxy groups -OCH3 is 1. The highest BCUT2D eigenvalue weighted by Gasteiger charge is 2.46. The van der Waals surface area contributed by atoms with Gasteiger partial charge in [-0.05, 0) is 36.4 Å². The number of dihydropyridines is 1. The molecule has 0 radical (unpaired) electrons. The number of benzene rings is 2. The van der Waals surface area contributed by atoms with Crippen molar-refractivity contribution in [1.29, 1.82) is 5.26 Å². The standard InChI is InChI=1S/C25H25ClFN5O2/c1-34-25(19(24(29)33)4-3-9-30-25)20-14-17(15-28)7-8-23(20)32-12-10-31(11-13-32)16-18-21(26)5-2-6-22(18)27/h2-9,14,19H,10-13,16H2,1H3,(H2,29,33). The molecule has 2 aliphatic rings. The van der Waals surface area contributed by atoms with Crippen LogP contribution in [0.1, 0.15) is 16.7 Å². The van der Waals surface area contributed by atoms with Gasteiger partial charge in [-0.3, -0.25) is 14.7 Å². The summed E-state index contributed by atoms with van der Waals surface area (Å²) in [6, 6.07) is 12.1. The normalized spacial score (nSPS) is 22.5. The number of piperazine rings is 1. The van der Waals surface area contributed by atoms with Crippen molar-refractivity contribution in [2.75, 3.05) is 38.2 Å². The first kappa shape index (κ1) is 23.9. The van der Waals surface area contributed by atoms with Gasteiger partial charge in [-0.2, -0.15) is 5.26 Å². The highest BCUT2D eigenvalue weighted by atomic mass is 35.5. The Labute approximate surface area is 202 Å². The van der Waals surface area contributed by atoms with Crippen molar-refractivity contribution < 1.29 is 13.9 Å². The number of anilines is 1. The molecule has 34 heavy (non-hydrogen) atoms. The molecule has 0 bridgehead atoms. The highest BCUT2D eigenvalue weighted by molar-refractivity contribution is 6.31. The second-order valence-corrected chi connectivity index (χ2v) is 8.66. The molecule has 2 aromatic rings. The number of allylic oxidation sites excluding steroid dienone is 1. The van der Waals surface area contributed by atoms with Crippen LogP contribution in [0.2, 0.25) is 5.02 Å². The average molecular weight is 482 g/mol. The van der Waals surface area contributed by atoms with E-state index < -0.39 is 17.6 Å². The molecule has 176 valence electrons. The lowest BCUT2D eigenvalue weighted by Gasteiger charge is -2.41. The largest absolute Gasteiger partial charge is 0.369 e. The topological polar surface area (TPSA) is 94.9 Å². The van der Waals surface area contributed by atoms with E-state index in [9.17, 15) is 14.4 Å².